The number of ether oxygens (including phenoxy) is 1. The van der Waals surface area contributed by atoms with E-state index in [0.29, 0.717) is 27.7 Å². The van der Waals surface area contributed by atoms with Gasteiger partial charge in [-0.3, -0.25) is 0 Å². The van der Waals surface area contributed by atoms with Crippen LogP contribution in [0.15, 0.2) is 98.6 Å². The third-order valence-corrected chi connectivity index (χ3v) is 5.32. The second kappa shape index (κ2) is 8.26. The maximum atomic E-state index is 13.1. The van der Waals surface area contributed by atoms with Crippen LogP contribution in [0.1, 0.15) is 16.7 Å². The summed E-state index contributed by atoms with van der Waals surface area (Å²) in [6.07, 6.45) is 0. The molecule has 4 rings (SSSR count). The van der Waals surface area contributed by atoms with E-state index in [-0.39, 0.29) is 6.61 Å². The normalized spacial score (nSPS) is 11.4. The summed E-state index contributed by atoms with van der Waals surface area (Å²) in [5.74, 6) is -0.835. The fraction of sp³-hybridized carbons (Fsp3) is 0.0833. The van der Waals surface area contributed by atoms with Gasteiger partial charge in [0, 0.05) is 21.5 Å². The molecule has 0 bridgehead atoms. The summed E-state index contributed by atoms with van der Waals surface area (Å²) >= 11 is 3.34. The van der Waals surface area contributed by atoms with Gasteiger partial charge in [-0.1, -0.05) is 76.6 Å². The van der Waals surface area contributed by atoms with E-state index in [4.69, 9.17) is 9.15 Å². The van der Waals surface area contributed by atoms with Crippen LogP contribution in [0.3, 0.4) is 0 Å². The average molecular weight is 465 g/mol. The number of fused-ring (bicyclic) bond motifs is 1. The minimum absolute atomic E-state index is 0.190. The van der Waals surface area contributed by atoms with Gasteiger partial charge in [0.15, 0.2) is 0 Å². The van der Waals surface area contributed by atoms with Crippen LogP contribution in [0.25, 0.3) is 11.0 Å². The van der Waals surface area contributed by atoms with Crippen molar-refractivity contribution in [2.75, 3.05) is 0 Å². The van der Waals surface area contributed by atoms with Crippen LogP contribution in [0, 0.1) is 0 Å². The molecule has 1 heterocycles. The van der Waals surface area contributed by atoms with Crippen molar-refractivity contribution in [3.05, 3.63) is 117 Å². The zero-order valence-corrected chi connectivity index (χ0v) is 17.3. The lowest BCUT2D eigenvalue weighted by Crippen LogP contribution is -2.38. The van der Waals surface area contributed by atoms with Gasteiger partial charge >= 0.3 is 11.6 Å². The number of carbonyl (C=O) groups excluding carboxylic acids is 1. The first-order valence-electron chi connectivity index (χ1n) is 9.21. The van der Waals surface area contributed by atoms with Gasteiger partial charge in [-0.25, -0.2) is 9.59 Å². The van der Waals surface area contributed by atoms with Crippen molar-refractivity contribution in [3.63, 3.8) is 0 Å². The van der Waals surface area contributed by atoms with Gasteiger partial charge in [0.05, 0.1) is 0 Å². The molecule has 6 heteroatoms. The molecule has 0 radical (unpaired) electrons. The van der Waals surface area contributed by atoms with Crippen LogP contribution >= 0.6 is 15.9 Å². The fourth-order valence-corrected chi connectivity index (χ4v) is 3.67. The first-order chi connectivity index (χ1) is 14.5. The molecule has 0 saturated carbocycles. The molecule has 3 aromatic carbocycles. The zero-order valence-electron chi connectivity index (χ0n) is 15.7. The Labute approximate surface area is 180 Å². The van der Waals surface area contributed by atoms with E-state index in [1.54, 1.807) is 78.9 Å². The van der Waals surface area contributed by atoms with Crippen molar-refractivity contribution in [2.45, 2.75) is 12.2 Å². The molecule has 1 N–H and O–H groups in total. The number of carbonyl (C=O) groups is 1. The minimum atomic E-state index is -1.99. The highest BCUT2D eigenvalue weighted by molar-refractivity contribution is 9.10. The Hall–Kier alpha value is -3.22. The second-order valence-electron chi connectivity index (χ2n) is 6.75. The number of benzene rings is 3. The molecular weight excluding hydrogens is 448 g/mol. The molecule has 0 atom stereocenters. The monoisotopic (exact) mass is 464 g/mol. The fourth-order valence-electron chi connectivity index (χ4n) is 3.33. The van der Waals surface area contributed by atoms with Gasteiger partial charge in [-0.2, -0.15) is 0 Å². The lowest BCUT2D eigenvalue weighted by atomic mass is 9.86. The first-order valence-corrected chi connectivity index (χ1v) is 10.0. The van der Waals surface area contributed by atoms with Gasteiger partial charge in [0.1, 0.15) is 12.2 Å². The highest BCUT2D eigenvalue weighted by Crippen LogP contribution is 2.32. The Morgan fingerprint density at radius 3 is 2.13 bits per heavy atom. The number of aliphatic hydroxyl groups is 1. The van der Waals surface area contributed by atoms with Gasteiger partial charge in [-0.15, -0.1) is 0 Å². The van der Waals surface area contributed by atoms with Crippen LogP contribution < -0.4 is 5.63 Å². The summed E-state index contributed by atoms with van der Waals surface area (Å²) < 4.78 is 11.5. The van der Waals surface area contributed by atoms with Crippen molar-refractivity contribution < 1.29 is 19.1 Å². The van der Waals surface area contributed by atoms with Crippen LogP contribution in [0.4, 0.5) is 0 Å². The summed E-state index contributed by atoms with van der Waals surface area (Å²) in [5, 5.41) is 12.1. The van der Waals surface area contributed by atoms with Crippen molar-refractivity contribution in [1.29, 1.82) is 0 Å². The van der Waals surface area contributed by atoms with Crippen LogP contribution in [-0.4, -0.2) is 11.1 Å². The second-order valence-corrected chi connectivity index (χ2v) is 7.67. The molecule has 5 nitrogen and oxygen atoms in total. The molecule has 0 aliphatic rings. The van der Waals surface area contributed by atoms with E-state index in [9.17, 15) is 14.7 Å². The molecule has 1 aromatic heterocycles. The topological polar surface area (TPSA) is 76.7 Å². The van der Waals surface area contributed by atoms with Crippen LogP contribution in [0.5, 0.6) is 0 Å². The highest BCUT2D eigenvalue weighted by atomic mass is 79.9. The molecule has 0 unspecified atom stereocenters. The lowest BCUT2D eigenvalue weighted by molar-refractivity contribution is -0.163. The maximum absolute atomic E-state index is 13.1. The Bertz CT molecular complexity index is 1210. The van der Waals surface area contributed by atoms with Crippen molar-refractivity contribution in [2.24, 2.45) is 0 Å². The van der Waals surface area contributed by atoms with Crippen molar-refractivity contribution in [1.82, 2.24) is 0 Å². The van der Waals surface area contributed by atoms with Crippen LogP contribution in [0.2, 0.25) is 0 Å². The Morgan fingerprint density at radius 2 is 1.53 bits per heavy atom. The number of esters is 1. The maximum Gasteiger partial charge on any atom is 0.348 e. The van der Waals surface area contributed by atoms with Crippen LogP contribution in [-0.2, 0) is 21.7 Å². The third kappa shape index (κ3) is 3.79. The molecule has 150 valence electrons. The lowest BCUT2D eigenvalue weighted by Gasteiger charge is -2.27. The molecule has 0 aliphatic carbocycles. The predicted octanol–water partition coefficient (Wildman–Crippen LogP) is 4.53. The van der Waals surface area contributed by atoms with Gasteiger partial charge in [0.25, 0.3) is 0 Å². The molecular formula is C24H17BrO5. The van der Waals surface area contributed by atoms with Crippen molar-refractivity contribution >= 4 is 32.9 Å². The standard InChI is InChI=1S/C24H17BrO5/c25-19-11-12-20-16(13-22(26)30-21(20)14-19)15-29-23(27)24(28,17-7-3-1-4-8-17)18-9-5-2-6-10-18/h1-14,28H,15H2. The molecule has 0 spiro atoms. The van der Waals surface area contributed by atoms with E-state index in [1.807, 2.05) is 0 Å². The summed E-state index contributed by atoms with van der Waals surface area (Å²) in [6.45, 7) is -0.190. The zero-order chi connectivity index (χ0) is 21.1. The Morgan fingerprint density at radius 1 is 0.933 bits per heavy atom. The van der Waals surface area contributed by atoms with Gasteiger partial charge < -0.3 is 14.3 Å². The van der Waals surface area contributed by atoms with E-state index in [0.717, 1.165) is 4.47 Å². The number of halogens is 1. The summed E-state index contributed by atoms with van der Waals surface area (Å²) in [7, 11) is 0. The number of hydrogen-bond donors (Lipinski definition) is 1. The first kappa shape index (κ1) is 20.1. The van der Waals surface area contributed by atoms with Crippen molar-refractivity contribution in [3.8, 4) is 0 Å². The van der Waals surface area contributed by atoms with Gasteiger partial charge in [-0.05, 0) is 29.3 Å². The largest absolute Gasteiger partial charge is 0.458 e. The molecule has 0 aliphatic heterocycles. The van der Waals surface area contributed by atoms with E-state index >= 15 is 0 Å². The summed E-state index contributed by atoms with van der Waals surface area (Å²) in [6, 6.07) is 23.8. The third-order valence-electron chi connectivity index (χ3n) is 4.83. The summed E-state index contributed by atoms with van der Waals surface area (Å²) in [4.78, 5) is 25.1. The SMILES string of the molecule is O=C(OCc1cc(=O)oc2cc(Br)ccc12)C(O)(c1ccccc1)c1ccccc1. The van der Waals surface area contributed by atoms with E-state index in [1.165, 1.54) is 6.07 Å². The Kier molecular flexibility index (Phi) is 5.53. The number of rotatable bonds is 5. The van der Waals surface area contributed by atoms with E-state index in [2.05, 4.69) is 15.9 Å². The smallest absolute Gasteiger partial charge is 0.348 e. The molecule has 0 saturated heterocycles. The number of hydrogen-bond acceptors (Lipinski definition) is 5. The average Bonchev–Trinajstić information content (AvgIpc) is 2.77. The van der Waals surface area contributed by atoms with E-state index < -0.39 is 17.2 Å². The molecule has 0 amide bonds. The Balaban J connectivity index is 1.70. The minimum Gasteiger partial charge on any atom is -0.458 e. The molecule has 4 aromatic rings. The van der Waals surface area contributed by atoms with Gasteiger partial charge in [0.2, 0.25) is 5.60 Å². The predicted molar refractivity (Wildman–Crippen MR) is 116 cm³/mol. The highest BCUT2D eigenvalue weighted by Gasteiger charge is 2.41. The quantitative estimate of drug-likeness (QED) is 0.346. The molecule has 0 fully saturated rings. The summed E-state index contributed by atoms with van der Waals surface area (Å²) in [5.41, 5.74) is -0.881. The molecule has 30 heavy (non-hydrogen) atoms.